The number of carbonyl (C=O) groups is 1. The van der Waals surface area contributed by atoms with E-state index in [0.29, 0.717) is 12.3 Å². The monoisotopic (exact) mass is 259 g/mol. The van der Waals surface area contributed by atoms with Gasteiger partial charge in [-0.25, -0.2) is 13.2 Å². The number of carboxylic acid groups (broad SMARTS) is 1. The van der Waals surface area contributed by atoms with Gasteiger partial charge < -0.3 is 9.52 Å². The Morgan fingerprint density at radius 3 is 2.76 bits per heavy atom. The fourth-order valence-electron chi connectivity index (χ4n) is 1.89. The SMILES string of the molecule is CC1CN(Cc2ccc(C(=O)O)o2)S(=O)(=O)C1. The predicted octanol–water partition coefficient (Wildman–Crippen LogP) is 0.759. The van der Waals surface area contributed by atoms with Gasteiger partial charge in [-0.3, -0.25) is 0 Å². The molecule has 94 valence electrons. The van der Waals surface area contributed by atoms with Crippen LogP contribution in [0.5, 0.6) is 0 Å². The number of hydrogen-bond acceptors (Lipinski definition) is 4. The second-order valence-corrected chi connectivity index (χ2v) is 6.26. The molecule has 0 aliphatic carbocycles. The van der Waals surface area contributed by atoms with Crippen molar-refractivity contribution in [3.63, 3.8) is 0 Å². The molecule has 0 amide bonds. The van der Waals surface area contributed by atoms with Gasteiger partial charge in [0.25, 0.3) is 0 Å². The summed E-state index contributed by atoms with van der Waals surface area (Å²) in [5.41, 5.74) is 0. The second kappa shape index (κ2) is 4.15. The number of furan rings is 1. The second-order valence-electron chi connectivity index (χ2n) is 4.25. The lowest BCUT2D eigenvalue weighted by Gasteiger charge is -2.12. The van der Waals surface area contributed by atoms with Gasteiger partial charge in [0, 0.05) is 6.54 Å². The van der Waals surface area contributed by atoms with E-state index in [1.165, 1.54) is 16.4 Å². The summed E-state index contributed by atoms with van der Waals surface area (Å²) in [4.78, 5) is 10.6. The summed E-state index contributed by atoms with van der Waals surface area (Å²) >= 11 is 0. The molecule has 7 heteroatoms. The minimum Gasteiger partial charge on any atom is -0.475 e. The zero-order chi connectivity index (χ0) is 12.6. The van der Waals surface area contributed by atoms with Gasteiger partial charge >= 0.3 is 5.97 Å². The lowest BCUT2D eigenvalue weighted by Crippen LogP contribution is -2.25. The first-order chi connectivity index (χ1) is 7.88. The molecule has 1 saturated heterocycles. The molecule has 0 radical (unpaired) electrons. The average molecular weight is 259 g/mol. The van der Waals surface area contributed by atoms with Crippen LogP contribution in [0, 0.1) is 5.92 Å². The van der Waals surface area contributed by atoms with Crippen molar-refractivity contribution in [2.75, 3.05) is 12.3 Å². The van der Waals surface area contributed by atoms with E-state index in [0.717, 1.165) is 0 Å². The number of sulfonamides is 1. The predicted molar refractivity (Wildman–Crippen MR) is 59.0 cm³/mol. The van der Waals surface area contributed by atoms with E-state index in [-0.39, 0.29) is 24.0 Å². The number of aromatic carboxylic acids is 1. The summed E-state index contributed by atoms with van der Waals surface area (Å²) in [7, 11) is -3.22. The van der Waals surface area contributed by atoms with Crippen LogP contribution in [-0.4, -0.2) is 36.1 Å². The van der Waals surface area contributed by atoms with Crippen LogP contribution in [0.1, 0.15) is 23.2 Å². The zero-order valence-electron chi connectivity index (χ0n) is 9.29. The highest BCUT2D eigenvalue weighted by molar-refractivity contribution is 7.89. The first-order valence-electron chi connectivity index (χ1n) is 5.18. The molecular formula is C10H13NO5S. The first-order valence-corrected chi connectivity index (χ1v) is 6.79. The number of carboxylic acids is 1. The summed E-state index contributed by atoms with van der Waals surface area (Å²) in [6.07, 6.45) is 0. The van der Waals surface area contributed by atoms with Gasteiger partial charge in [0.1, 0.15) is 5.76 Å². The Balaban J connectivity index is 2.13. The van der Waals surface area contributed by atoms with E-state index in [9.17, 15) is 13.2 Å². The molecule has 17 heavy (non-hydrogen) atoms. The normalized spacial score (nSPS) is 23.9. The van der Waals surface area contributed by atoms with E-state index in [2.05, 4.69) is 0 Å². The maximum absolute atomic E-state index is 11.7. The van der Waals surface area contributed by atoms with Crippen molar-refractivity contribution in [2.24, 2.45) is 5.92 Å². The summed E-state index contributed by atoms with van der Waals surface area (Å²) in [5, 5.41) is 8.68. The third-order valence-corrected chi connectivity index (χ3v) is 4.66. The fraction of sp³-hybridized carbons (Fsp3) is 0.500. The third kappa shape index (κ3) is 2.50. The molecular weight excluding hydrogens is 246 g/mol. The van der Waals surface area contributed by atoms with Gasteiger partial charge in [-0.05, 0) is 18.1 Å². The van der Waals surface area contributed by atoms with Crippen LogP contribution in [0.25, 0.3) is 0 Å². The van der Waals surface area contributed by atoms with Crippen molar-refractivity contribution in [2.45, 2.75) is 13.5 Å². The summed E-state index contributed by atoms with van der Waals surface area (Å²) < 4.78 is 29.7. The molecule has 6 nitrogen and oxygen atoms in total. The van der Waals surface area contributed by atoms with E-state index in [1.807, 2.05) is 6.92 Å². The molecule has 1 fully saturated rings. The molecule has 1 aromatic rings. The van der Waals surface area contributed by atoms with Gasteiger partial charge in [-0.2, -0.15) is 4.31 Å². The van der Waals surface area contributed by atoms with E-state index < -0.39 is 16.0 Å². The Labute approximate surface area is 98.9 Å². The third-order valence-electron chi connectivity index (χ3n) is 2.61. The minimum absolute atomic E-state index is 0.0916. The van der Waals surface area contributed by atoms with Crippen LogP contribution >= 0.6 is 0 Å². The van der Waals surface area contributed by atoms with Gasteiger partial charge in [-0.1, -0.05) is 6.92 Å². The van der Waals surface area contributed by atoms with Crippen LogP contribution in [-0.2, 0) is 16.6 Å². The quantitative estimate of drug-likeness (QED) is 0.865. The highest BCUT2D eigenvalue weighted by Crippen LogP contribution is 2.22. The lowest BCUT2D eigenvalue weighted by molar-refractivity contribution is 0.0659. The molecule has 0 aromatic carbocycles. The Morgan fingerprint density at radius 2 is 2.29 bits per heavy atom. The Hall–Kier alpha value is -1.34. The van der Waals surface area contributed by atoms with E-state index >= 15 is 0 Å². The molecule has 1 aliphatic rings. The molecule has 1 aliphatic heterocycles. The van der Waals surface area contributed by atoms with Gasteiger partial charge in [0.15, 0.2) is 0 Å². The molecule has 1 N–H and O–H groups in total. The van der Waals surface area contributed by atoms with Gasteiger partial charge in [0.2, 0.25) is 15.8 Å². The molecule has 0 saturated carbocycles. The van der Waals surface area contributed by atoms with Crippen LogP contribution in [0.15, 0.2) is 16.5 Å². The van der Waals surface area contributed by atoms with Crippen molar-refractivity contribution in [3.05, 3.63) is 23.7 Å². The maximum Gasteiger partial charge on any atom is 0.371 e. The first kappa shape index (κ1) is 12.1. The fourth-order valence-corrected chi connectivity index (χ4v) is 3.73. The summed E-state index contributed by atoms with van der Waals surface area (Å²) in [6, 6.07) is 2.81. The molecule has 2 heterocycles. The molecule has 1 aromatic heterocycles. The molecule has 0 spiro atoms. The van der Waals surface area contributed by atoms with Crippen molar-refractivity contribution < 1.29 is 22.7 Å². The Morgan fingerprint density at radius 1 is 1.59 bits per heavy atom. The van der Waals surface area contributed by atoms with Crippen LogP contribution in [0.3, 0.4) is 0 Å². The van der Waals surface area contributed by atoms with Gasteiger partial charge in [0.05, 0.1) is 12.3 Å². The van der Waals surface area contributed by atoms with E-state index in [4.69, 9.17) is 9.52 Å². The molecule has 2 rings (SSSR count). The van der Waals surface area contributed by atoms with Crippen LogP contribution in [0.2, 0.25) is 0 Å². The number of hydrogen-bond donors (Lipinski definition) is 1. The zero-order valence-corrected chi connectivity index (χ0v) is 10.1. The Kier molecular flexibility index (Phi) is 2.96. The maximum atomic E-state index is 11.7. The average Bonchev–Trinajstić information content (AvgIpc) is 2.72. The highest BCUT2D eigenvalue weighted by atomic mass is 32.2. The standard InChI is InChI=1S/C10H13NO5S/c1-7-4-11(17(14,15)6-7)5-8-2-3-9(16-8)10(12)13/h2-3,7H,4-6H2,1H3,(H,12,13). The topological polar surface area (TPSA) is 87.8 Å². The van der Waals surface area contributed by atoms with Crippen LogP contribution < -0.4 is 0 Å². The van der Waals surface area contributed by atoms with Gasteiger partial charge in [-0.15, -0.1) is 0 Å². The highest BCUT2D eigenvalue weighted by Gasteiger charge is 2.34. The van der Waals surface area contributed by atoms with Crippen molar-refractivity contribution in [1.29, 1.82) is 0 Å². The Bertz CT molecular complexity index is 533. The lowest BCUT2D eigenvalue weighted by atomic mass is 10.2. The number of rotatable bonds is 3. The summed E-state index contributed by atoms with van der Waals surface area (Å²) in [6.45, 7) is 2.41. The van der Waals surface area contributed by atoms with Crippen molar-refractivity contribution >= 4 is 16.0 Å². The molecule has 1 atom stereocenters. The van der Waals surface area contributed by atoms with Crippen LogP contribution in [0.4, 0.5) is 0 Å². The molecule has 0 bridgehead atoms. The van der Waals surface area contributed by atoms with Crippen molar-refractivity contribution in [1.82, 2.24) is 4.31 Å². The molecule has 1 unspecified atom stereocenters. The van der Waals surface area contributed by atoms with E-state index in [1.54, 1.807) is 0 Å². The summed E-state index contributed by atoms with van der Waals surface area (Å²) in [5.74, 6) is -0.757. The number of nitrogens with zero attached hydrogens (tertiary/aromatic N) is 1. The minimum atomic E-state index is -3.22. The largest absolute Gasteiger partial charge is 0.475 e. The van der Waals surface area contributed by atoms with Crippen molar-refractivity contribution in [3.8, 4) is 0 Å². The smallest absolute Gasteiger partial charge is 0.371 e.